The van der Waals surface area contributed by atoms with Crippen LogP contribution in [0.2, 0.25) is 0 Å². The van der Waals surface area contributed by atoms with E-state index in [-0.39, 0.29) is 6.10 Å². The molecule has 3 rings (SSSR count). The number of hydrogen-bond donors (Lipinski definition) is 1. The summed E-state index contributed by atoms with van der Waals surface area (Å²) in [7, 11) is 0. The van der Waals surface area contributed by atoms with Crippen LogP contribution in [0.1, 0.15) is 23.5 Å². The fourth-order valence-corrected chi connectivity index (χ4v) is 2.46. The van der Waals surface area contributed by atoms with Gasteiger partial charge in [-0.2, -0.15) is 5.10 Å². The van der Waals surface area contributed by atoms with E-state index < -0.39 is 0 Å². The summed E-state index contributed by atoms with van der Waals surface area (Å²) in [6.45, 7) is 7.94. The Balaban J connectivity index is 2.04. The molecule has 0 radical (unpaired) electrons. The van der Waals surface area contributed by atoms with Crippen LogP contribution >= 0.6 is 0 Å². The van der Waals surface area contributed by atoms with Crippen molar-refractivity contribution < 1.29 is 4.74 Å². The van der Waals surface area contributed by atoms with Crippen molar-refractivity contribution in [1.29, 1.82) is 0 Å². The van der Waals surface area contributed by atoms with Crippen molar-refractivity contribution in [2.24, 2.45) is 0 Å². The molecular weight excluding hydrogens is 228 g/mol. The summed E-state index contributed by atoms with van der Waals surface area (Å²) in [5, 5.41) is 7.75. The van der Waals surface area contributed by atoms with Gasteiger partial charge in [-0.05, 0) is 33.7 Å². The molecule has 1 fully saturated rings. The number of nitrogens with zero attached hydrogens (tertiary/aromatic N) is 3. The number of nitrogens with one attached hydrogen (secondary N) is 1. The molecule has 5 heteroatoms. The van der Waals surface area contributed by atoms with E-state index in [0.717, 1.165) is 48.0 Å². The average molecular weight is 246 g/mol. The van der Waals surface area contributed by atoms with E-state index in [0.29, 0.717) is 0 Å². The summed E-state index contributed by atoms with van der Waals surface area (Å²) in [6, 6.07) is 1.99. The van der Waals surface area contributed by atoms with Crippen LogP contribution in [0.5, 0.6) is 5.75 Å². The first-order chi connectivity index (χ1) is 8.65. The van der Waals surface area contributed by atoms with Crippen molar-refractivity contribution in [2.75, 3.05) is 13.1 Å². The zero-order chi connectivity index (χ0) is 12.7. The molecule has 0 spiro atoms. The average Bonchev–Trinajstić information content (AvgIpc) is 2.93. The van der Waals surface area contributed by atoms with Crippen LogP contribution in [0.15, 0.2) is 6.07 Å². The Morgan fingerprint density at radius 2 is 2.22 bits per heavy atom. The van der Waals surface area contributed by atoms with Crippen molar-refractivity contribution in [3.63, 3.8) is 0 Å². The van der Waals surface area contributed by atoms with Gasteiger partial charge in [0.2, 0.25) is 0 Å². The molecule has 0 bridgehead atoms. The molecule has 3 heterocycles. The standard InChI is InChI=1S/C13H18N4O/c1-8-6-12-15-9(2)13(10(3)17(12)16-8)18-11-4-5-14-7-11/h6,11,14H,4-5,7H2,1-3H3/t11-/m1/s1. The molecule has 1 atom stereocenters. The maximum atomic E-state index is 6.07. The fourth-order valence-electron chi connectivity index (χ4n) is 2.46. The monoisotopic (exact) mass is 246 g/mol. The Hall–Kier alpha value is -1.62. The molecule has 96 valence electrons. The van der Waals surface area contributed by atoms with Gasteiger partial charge in [0.15, 0.2) is 11.4 Å². The number of rotatable bonds is 2. The van der Waals surface area contributed by atoms with E-state index in [4.69, 9.17) is 4.74 Å². The minimum atomic E-state index is 0.248. The van der Waals surface area contributed by atoms with Crippen LogP contribution in [0.25, 0.3) is 5.65 Å². The van der Waals surface area contributed by atoms with Crippen molar-refractivity contribution >= 4 is 5.65 Å². The highest BCUT2D eigenvalue weighted by Crippen LogP contribution is 2.25. The molecule has 18 heavy (non-hydrogen) atoms. The number of aryl methyl sites for hydroxylation is 3. The third-order valence-electron chi connectivity index (χ3n) is 3.37. The van der Waals surface area contributed by atoms with Gasteiger partial charge in [0.05, 0.1) is 17.1 Å². The molecule has 1 aliphatic rings. The molecule has 1 saturated heterocycles. The van der Waals surface area contributed by atoms with Gasteiger partial charge in [0.25, 0.3) is 0 Å². The lowest BCUT2D eigenvalue weighted by Crippen LogP contribution is -2.21. The molecule has 0 aliphatic carbocycles. The first-order valence-electron chi connectivity index (χ1n) is 6.36. The SMILES string of the molecule is Cc1cc2nc(C)c(O[C@@H]3CCNC3)c(C)n2n1. The van der Waals surface area contributed by atoms with E-state index in [9.17, 15) is 0 Å². The molecule has 1 N–H and O–H groups in total. The smallest absolute Gasteiger partial charge is 0.162 e. The highest BCUT2D eigenvalue weighted by molar-refractivity contribution is 5.46. The van der Waals surface area contributed by atoms with Crippen LogP contribution in [-0.2, 0) is 0 Å². The van der Waals surface area contributed by atoms with Crippen LogP contribution in [0.4, 0.5) is 0 Å². The summed E-state index contributed by atoms with van der Waals surface area (Å²) in [5.41, 5.74) is 3.83. The highest BCUT2D eigenvalue weighted by atomic mass is 16.5. The summed E-state index contributed by atoms with van der Waals surface area (Å²) >= 11 is 0. The number of fused-ring (bicyclic) bond motifs is 1. The second-order valence-corrected chi connectivity index (χ2v) is 4.90. The highest BCUT2D eigenvalue weighted by Gasteiger charge is 2.20. The molecular formula is C13H18N4O. The molecule has 0 saturated carbocycles. The molecule has 0 aromatic carbocycles. The lowest BCUT2D eigenvalue weighted by molar-refractivity contribution is 0.217. The normalized spacial score (nSPS) is 19.6. The minimum Gasteiger partial charge on any atom is -0.485 e. The van der Waals surface area contributed by atoms with Crippen molar-refractivity contribution in [2.45, 2.75) is 33.3 Å². The lowest BCUT2D eigenvalue weighted by Gasteiger charge is -2.16. The predicted molar refractivity (Wildman–Crippen MR) is 69.1 cm³/mol. The third-order valence-corrected chi connectivity index (χ3v) is 3.37. The van der Waals surface area contributed by atoms with E-state index in [1.165, 1.54) is 0 Å². The van der Waals surface area contributed by atoms with Crippen LogP contribution in [-0.4, -0.2) is 33.8 Å². The van der Waals surface area contributed by atoms with Gasteiger partial charge in [-0.3, -0.25) is 0 Å². The number of hydrogen-bond acceptors (Lipinski definition) is 4. The first kappa shape index (κ1) is 11.5. The molecule has 5 nitrogen and oxygen atoms in total. The van der Waals surface area contributed by atoms with E-state index in [2.05, 4.69) is 15.4 Å². The van der Waals surface area contributed by atoms with Crippen LogP contribution in [0, 0.1) is 20.8 Å². The second kappa shape index (κ2) is 4.24. The van der Waals surface area contributed by atoms with Gasteiger partial charge >= 0.3 is 0 Å². The van der Waals surface area contributed by atoms with Gasteiger partial charge in [-0.15, -0.1) is 0 Å². The Morgan fingerprint density at radius 1 is 1.39 bits per heavy atom. The topological polar surface area (TPSA) is 51.5 Å². The summed E-state index contributed by atoms with van der Waals surface area (Å²) in [6.07, 6.45) is 1.30. The maximum Gasteiger partial charge on any atom is 0.162 e. The molecule has 2 aromatic rings. The largest absolute Gasteiger partial charge is 0.485 e. The second-order valence-electron chi connectivity index (χ2n) is 4.90. The van der Waals surface area contributed by atoms with Gasteiger partial charge in [0, 0.05) is 12.6 Å². The zero-order valence-corrected chi connectivity index (χ0v) is 11.0. The number of ether oxygens (including phenoxy) is 1. The van der Waals surface area contributed by atoms with E-state index in [1.807, 2.05) is 31.4 Å². The molecule has 0 unspecified atom stereocenters. The Kier molecular flexibility index (Phi) is 2.70. The van der Waals surface area contributed by atoms with E-state index >= 15 is 0 Å². The van der Waals surface area contributed by atoms with Crippen molar-refractivity contribution in [1.82, 2.24) is 19.9 Å². The van der Waals surface area contributed by atoms with Gasteiger partial charge in [-0.1, -0.05) is 0 Å². The maximum absolute atomic E-state index is 6.07. The number of aromatic nitrogens is 3. The van der Waals surface area contributed by atoms with Crippen molar-refractivity contribution in [3.05, 3.63) is 23.1 Å². The Bertz CT molecular complexity index is 584. The summed E-state index contributed by atoms with van der Waals surface area (Å²) in [5.74, 6) is 0.874. The Labute approximate surface area is 106 Å². The van der Waals surface area contributed by atoms with Gasteiger partial charge < -0.3 is 10.1 Å². The van der Waals surface area contributed by atoms with Crippen LogP contribution in [0.3, 0.4) is 0 Å². The minimum absolute atomic E-state index is 0.248. The van der Waals surface area contributed by atoms with Crippen LogP contribution < -0.4 is 10.1 Å². The van der Waals surface area contributed by atoms with Crippen molar-refractivity contribution in [3.8, 4) is 5.75 Å². The molecule has 0 amide bonds. The van der Waals surface area contributed by atoms with Gasteiger partial charge in [0.1, 0.15) is 6.10 Å². The Morgan fingerprint density at radius 3 is 2.94 bits per heavy atom. The quantitative estimate of drug-likeness (QED) is 0.870. The summed E-state index contributed by atoms with van der Waals surface area (Å²) < 4.78 is 7.93. The molecule has 2 aromatic heterocycles. The lowest BCUT2D eigenvalue weighted by atomic mass is 10.3. The zero-order valence-electron chi connectivity index (χ0n) is 11.0. The van der Waals surface area contributed by atoms with Gasteiger partial charge in [-0.25, -0.2) is 9.50 Å². The molecule has 1 aliphatic heterocycles. The predicted octanol–water partition coefficient (Wildman–Crippen LogP) is 1.40. The third kappa shape index (κ3) is 1.84. The fraction of sp³-hybridized carbons (Fsp3) is 0.538. The van der Waals surface area contributed by atoms with E-state index in [1.54, 1.807) is 0 Å². The summed E-state index contributed by atoms with van der Waals surface area (Å²) in [4.78, 5) is 4.55. The first-order valence-corrected chi connectivity index (χ1v) is 6.36.